The van der Waals surface area contributed by atoms with Gasteiger partial charge in [-0.25, -0.2) is 4.98 Å². The summed E-state index contributed by atoms with van der Waals surface area (Å²) in [5.41, 5.74) is 1.69. The van der Waals surface area contributed by atoms with E-state index >= 15 is 0 Å². The minimum atomic E-state index is 0.0427. The lowest BCUT2D eigenvalue weighted by molar-refractivity contribution is 0.0747. The highest BCUT2D eigenvalue weighted by Crippen LogP contribution is 2.32. The molecule has 1 fully saturated rings. The van der Waals surface area contributed by atoms with Crippen LogP contribution in [0.25, 0.3) is 10.2 Å². The van der Waals surface area contributed by atoms with Gasteiger partial charge in [-0.15, -0.1) is 11.8 Å². The molecular weight excluding hydrogens is 386 g/mol. The van der Waals surface area contributed by atoms with E-state index in [0.717, 1.165) is 23.7 Å². The third kappa shape index (κ3) is 3.54. The van der Waals surface area contributed by atoms with Crippen molar-refractivity contribution in [3.05, 3.63) is 53.1 Å². The number of thiazole rings is 1. The molecule has 134 valence electrons. The number of hydrogen-bond acceptors (Lipinski definition) is 5. The van der Waals surface area contributed by atoms with Gasteiger partial charge in [-0.1, -0.05) is 29.0 Å². The van der Waals surface area contributed by atoms with Crippen molar-refractivity contribution < 1.29 is 4.79 Å². The van der Waals surface area contributed by atoms with Gasteiger partial charge in [-0.3, -0.25) is 4.79 Å². The van der Waals surface area contributed by atoms with Gasteiger partial charge in [-0.2, -0.15) is 0 Å². The van der Waals surface area contributed by atoms with Gasteiger partial charge >= 0.3 is 0 Å². The van der Waals surface area contributed by atoms with E-state index in [4.69, 9.17) is 16.6 Å². The Morgan fingerprint density at radius 2 is 1.96 bits per heavy atom. The standard InChI is InChI=1S/C19H18ClN3OS2/c1-25-15-5-6-16-17(12-15)26-19(21-16)23-9-7-22(8-10-23)18(24)13-3-2-4-14(20)11-13/h2-6,11-12H,7-10H2,1H3. The molecule has 1 saturated heterocycles. The van der Waals surface area contributed by atoms with E-state index in [2.05, 4.69) is 29.4 Å². The van der Waals surface area contributed by atoms with Crippen LogP contribution in [-0.4, -0.2) is 48.2 Å². The van der Waals surface area contributed by atoms with Gasteiger partial charge in [-0.05, 0) is 42.7 Å². The summed E-state index contributed by atoms with van der Waals surface area (Å²) in [4.78, 5) is 22.8. The molecule has 0 unspecified atom stereocenters. The van der Waals surface area contributed by atoms with Gasteiger partial charge < -0.3 is 9.80 Å². The second kappa shape index (κ2) is 7.47. The van der Waals surface area contributed by atoms with E-state index in [1.807, 2.05) is 17.0 Å². The van der Waals surface area contributed by atoms with Crippen LogP contribution in [0.15, 0.2) is 47.4 Å². The number of carbonyl (C=O) groups is 1. The summed E-state index contributed by atoms with van der Waals surface area (Å²) in [7, 11) is 0. The third-order valence-electron chi connectivity index (χ3n) is 4.49. The minimum Gasteiger partial charge on any atom is -0.345 e. The molecule has 1 amide bonds. The second-order valence-corrected chi connectivity index (χ2v) is 8.44. The largest absolute Gasteiger partial charge is 0.345 e. The van der Waals surface area contributed by atoms with Crippen molar-refractivity contribution in [3.63, 3.8) is 0 Å². The number of carbonyl (C=O) groups excluding carboxylic acids is 1. The van der Waals surface area contributed by atoms with E-state index in [1.54, 1.807) is 35.2 Å². The van der Waals surface area contributed by atoms with Crippen molar-refractivity contribution in [2.24, 2.45) is 0 Å². The van der Waals surface area contributed by atoms with E-state index in [1.165, 1.54) is 9.60 Å². The second-order valence-electron chi connectivity index (χ2n) is 6.12. The topological polar surface area (TPSA) is 36.4 Å². The van der Waals surface area contributed by atoms with Crippen LogP contribution >= 0.6 is 34.7 Å². The Morgan fingerprint density at radius 1 is 1.15 bits per heavy atom. The fourth-order valence-corrected chi connectivity index (χ4v) is 4.82. The van der Waals surface area contributed by atoms with Gasteiger partial charge in [0.15, 0.2) is 5.13 Å². The number of rotatable bonds is 3. The zero-order valence-electron chi connectivity index (χ0n) is 14.3. The zero-order chi connectivity index (χ0) is 18.1. The molecule has 4 rings (SSSR count). The highest BCUT2D eigenvalue weighted by molar-refractivity contribution is 7.98. The maximum absolute atomic E-state index is 12.6. The van der Waals surface area contributed by atoms with Crippen LogP contribution < -0.4 is 4.90 Å². The monoisotopic (exact) mass is 403 g/mol. The van der Waals surface area contributed by atoms with Crippen molar-refractivity contribution >= 4 is 56.0 Å². The van der Waals surface area contributed by atoms with Crippen LogP contribution in [0, 0.1) is 0 Å². The highest BCUT2D eigenvalue weighted by atomic mass is 35.5. The van der Waals surface area contributed by atoms with E-state index < -0.39 is 0 Å². The number of halogens is 1. The number of hydrogen-bond donors (Lipinski definition) is 0. The predicted molar refractivity (Wildman–Crippen MR) is 111 cm³/mol. The summed E-state index contributed by atoms with van der Waals surface area (Å²) in [6.45, 7) is 2.97. The number of piperazine rings is 1. The molecule has 0 aliphatic carbocycles. The molecule has 3 aromatic rings. The Morgan fingerprint density at radius 3 is 2.69 bits per heavy atom. The van der Waals surface area contributed by atoms with Gasteiger partial charge in [0.05, 0.1) is 10.2 Å². The lowest BCUT2D eigenvalue weighted by atomic mass is 10.2. The molecular formula is C19H18ClN3OS2. The average molecular weight is 404 g/mol. The molecule has 7 heteroatoms. The van der Waals surface area contributed by atoms with Gasteiger partial charge in [0, 0.05) is 41.7 Å². The Bertz CT molecular complexity index is 951. The predicted octanol–water partition coefficient (Wildman–Crippen LogP) is 4.63. The number of thioether (sulfide) groups is 1. The number of fused-ring (bicyclic) bond motifs is 1. The maximum Gasteiger partial charge on any atom is 0.254 e. The molecule has 26 heavy (non-hydrogen) atoms. The number of amides is 1. The summed E-state index contributed by atoms with van der Waals surface area (Å²) in [6, 6.07) is 13.5. The quantitative estimate of drug-likeness (QED) is 0.597. The molecule has 0 N–H and O–H groups in total. The summed E-state index contributed by atoms with van der Waals surface area (Å²) in [5, 5.41) is 1.63. The van der Waals surface area contributed by atoms with Crippen molar-refractivity contribution in [3.8, 4) is 0 Å². The van der Waals surface area contributed by atoms with Crippen LogP contribution in [0.2, 0.25) is 5.02 Å². The highest BCUT2D eigenvalue weighted by Gasteiger charge is 2.24. The molecule has 0 radical (unpaired) electrons. The Kier molecular flexibility index (Phi) is 5.07. The lowest BCUT2D eigenvalue weighted by Crippen LogP contribution is -2.48. The number of aromatic nitrogens is 1. The van der Waals surface area contributed by atoms with Crippen molar-refractivity contribution in [1.29, 1.82) is 0 Å². The number of anilines is 1. The first kappa shape index (κ1) is 17.6. The number of nitrogens with zero attached hydrogens (tertiary/aromatic N) is 3. The molecule has 0 spiro atoms. The lowest BCUT2D eigenvalue weighted by Gasteiger charge is -2.34. The Balaban J connectivity index is 1.45. The summed E-state index contributed by atoms with van der Waals surface area (Å²) >= 11 is 9.47. The van der Waals surface area contributed by atoms with Gasteiger partial charge in [0.1, 0.15) is 0 Å². The first-order valence-corrected chi connectivity index (χ1v) is 10.8. The number of benzene rings is 2. The van der Waals surface area contributed by atoms with Crippen LogP contribution in [0.1, 0.15) is 10.4 Å². The summed E-state index contributed by atoms with van der Waals surface area (Å²) in [5.74, 6) is 0.0427. The smallest absolute Gasteiger partial charge is 0.254 e. The first-order chi connectivity index (χ1) is 12.6. The molecule has 1 aliphatic rings. The zero-order valence-corrected chi connectivity index (χ0v) is 16.7. The Labute approximate surface area is 165 Å². The molecule has 0 bridgehead atoms. The van der Waals surface area contributed by atoms with Crippen molar-refractivity contribution in [2.75, 3.05) is 37.3 Å². The third-order valence-corrected chi connectivity index (χ3v) is 6.53. The average Bonchev–Trinajstić information content (AvgIpc) is 3.10. The molecule has 0 saturated carbocycles. The SMILES string of the molecule is CSc1ccc2nc(N3CCN(C(=O)c4cccc(Cl)c4)CC3)sc2c1. The molecule has 0 atom stereocenters. The minimum absolute atomic E-state index is 0.0427. The fraction of sp³-hybridized carbons (Fsp3) is 0.263. The molecule has 4 nitrogen and oxygen atoms in total. The molecule has 1 aliphatic heterocycles. The molecule has 2 heterocycles. The first-order valence-electron chi connectivity index (χ1n) is 8.38. The molecule has 2 aromatic carbocycles. The normalized spacial score (nSPS) is 14.8. The van der Waals surface area contributed by atoms with Crippen molar-refractivity contribution in [1.82, 2.24) is 9.88 Å². The summed E-state index contributed by atoms with van der Waals surface area (Å²) in [6.07, 6.45) is 2.08. The van der Waals surface area contributed by atoms with Crippen LogP contribution in [0.5, 0.6) is 0 Å². The van der Waals surface area contributed by atoms with Crippen molar-refractivity contribution in [2.45, 2.75) is 4.90 Å². The Hall–Kier alpha value is -1.76. The van der Waals surface area contributed by atoms with Crippen LogP contribution in [0.4, 0.5) is 5.13 Å². The maximum atomic E-state index is 12.6. The molecule has 1 aromatic heterocycles. The van der Waals surface area contributed by atoms with Gasteiger partial charge in [0.2, 0.25) is 0 Å². The summed E-state index contributed by atoms with van der Waals surface area (Å²) < 4.78 is 1.21. The fourth-order valence-electron chi connectivity index (χ4n) is 3.06. The van der Waals surface area contributed by atoms with E-state index in [9.17, 15) is 4.79 Å². The van der Waals surface area contributed by atoms with Crippen LogP contribution in [-0.2, 0) is 0 Å². The van der Waals surface area contributed by atoms with E-state index in [-0.39, 0.29) is 5.91 Å². The van der Waals surface area contributed by atoms with Crippen LogP contribution in [0.3, 0.4) is 0 Å². The van der Waals surface area contributed by atoms with E-state index in [0.29, 0.717) is 23.7 Å². The van der Waals surface area contributed by atoms with Gasteiger partial charge in [0.25, 0.3) is 5.91 Å².